The molecular weight excluding hydrogens is 499 g/mol. The lowest BCUT2D eigenvalue weighted by Gasteiger charge is -2.33. The van der Waals surface area contributed by atoms with Gasteiger partial charge in [0.05, 0.1) is 6.04 Å². The molecule has 6 nitrogen and oxygen atoms in total. The van der Waals surface area contributed by atoms with Crippen molar-refractivity contribution in [1.82, 2.24) is 25.3 Å². The third-order valence-corrected chi connectivity index (χ3v) is 6.30. The first-order valence-corrected chi connectivity index (χ1v) is 11.9. The molecule has 2 unspecified atom stereocenters. The summed E-state index contributed by atoms with van der Waals surface area (Å²) in [6.45, 7) is 15.3. The average Bonchev–Trinajstić information content (AvgIpc) is 3.29. The van der Waals surface area contributed by atoms with Gasteiger partial charge in [0, 0.05) is 52.4 Å². The molecule has 0 aromatic heterocycles. The highest BCUT2D eigenvalue weighted by molar-refractivity contribution is 14.0. The quantitative estimate of drug-likeness (QED) is 0.286. The largest absolute Gasteiger partial charge is 0.357 e. The molecule has 0 amide bonds. The number of aliphatic imine (C=N–C) groups is 1. The maximum absolute atomic E-state index is 4.92. The van der Waals surface area contributed by atoms with Gasteiger partial charge in [0.1, 0.15) is 0 Å². The van der Waals surface area contributed by atoms with Crippen molar-refractivity contribution in [3.63, 3.8) is 0 Å². The van der Waals surface area contributed by atoms with E-state index in [1.54, 1.807) is 0 Å². The number of halogens is 1. The van der Waals surface area contributed by atoms with Crippen molar-refractivity contribution in [3.8, 4) is 0 Å². The molecule has 0 radical (unpaired) electrons. The molecule has 1 aromatic rings. The number of rotatable bonds is 9. The van der Waals surface area contributed by atoms with E-state index in [1.807, 2.05) is 0 Å². The van der Waals surface area contributed by atoms with Crippen LogP contribution in [0.5, 0.6) is 0 Å². The van der Waals surface area contributed by atoms with Gasteiger partial charge in [-0.2, -0.15) is 0 Å². The van der Waals surface area contributed by atoms with Crippen molar-refractivity contribution < 1.29 is 0 Å². The van der Waals surface area contributed by atoms with Crippen LogP contribution in [0.4, 0.5) is 0 Å². The molecule has 0 aliphatic carbocycles. The molecule has 31 heavy (non-hydrogen) atoms. The van der Waals surface area contributed by atoms with Crippen LogP contribution in [0.15, 0.2) is 35.3 Å². The second kappa shape index (κ2) is 14.3. The summed E-state index contributed by atoms with van der Waals surface area (Å²) < 4.78 is 0. The Morgan fingerprint density at radius 2 is 1.68 bits per heavy atom. The van der Waals surface area contributed by atoms with E-state index in [2.05, 4.69) is 76.6 Å². The molecule has 2 heterocycles. The Kier molecular flexibility index (Phi) is 12.1. The van der Waals surface area contributed by atoms with E-state index < -0.39 is 0 Å². The van der Waals surface area contributed by atoms with Crippen molar-refractivity contribution in [2.24, 2.45) is 10.9 Å². The molecule has 3 rings (SSSR count). The number of guanidine groups is 1. The van der Waals surface area contributed by atoms with E-state index in [0.29, 0.717) is 12.0 Å². The van der Waals surface area contributed by atoms with E-state index in [-0.39, 0.29) is 24.0 Å². The van der Waals surface area contributed by atoms with Crippen molar-refractivity contribution in [2.45, 2.75) is 32.7 Å². The molecular formula is C24H43IN6. The third kappa shape index (κ3) is 8.86. The molecule has 2 N–H and O–H groups in total. The monoisotopic (exact) mass is 542 g/mol. The van der Waals surface area contributed by atoms with Gasteiger partial charge < -0.3 is 20.4 Å². The van der Waals surface area contributed by atoms with Crippen LogP contribution >= 0.6 is 24.0 Å². The minimum Gasteiger partial charge on any atom is -0.357 e. The van der Waals surface area contributed by atoms with Gasteiger partial charge in [0.25, 0.3) is 0 Å². The van der Waals surface area contributed by atoms with Crippen LogP contribution in [-0.4, -0.2) is 93.2 Å². The summed E-state index contributed by atoms with van der Waals surface area (Å²) in [7, 11) is 2.21. The fourth-order valence-corrected chi connectivity index (χ4v) is 4.50. The molecule has 2 aliphatic rings. The van der Waals surface area contributed by atoms with Crippen LogP contribution < -0.4 is 10.6 Å². The van der Waals surface area contributed by atoms with Crippen molar-refractivity contribution >= 4 is 29.9 Å². The molecule has 2 atom stereocenters. The number of hydrogen-bond donors (Lipinski definition) is 2. The second-order valence-corrected chi connectivity index (χ2v) is 8.98. The summed E-state index contributed by atoms with van der Waals surface area (Å²) in [4.78, 5) is 12.5. The van der Waals surface area contributed by atoms with Crippen LogP contribution in [0.2, 0.25) is 0 Å². The van der Waals surface area contributed by atoms with Crippen LogP contribution in [0.25, 0.3) is 0 Å². The number of benzene rings is 1. The van der Waals surface area contributed by atoms with Gasteiger partial charge in [-0.1, -0.05) is 37.3 Å². The molecule has 0 bridgehead atoms. The summed E-state index contributed by atoms with van der Waals surface area (Å²) in [6.07, 6.45) is 2.61. The lowest BCUT2D eigenvalue weighted by atomic mass is 10.1. The average molecular weight is 543 g/mol. The normalized spacial score (nSPS) is 20.8. The van der Waals surface area contributed by atoms with Gasteiger partial charge in [-0.05, 0) is 51.4 Å². The number of hydrogen-bond acceptors (Lipinski definition) is 4. The van der Waals surface area contributed by atoms with Gasteiger partial charge in [-0.25, -0.2) is 0 Å². The number of nitrogens with one attached hydrogen (secondary N) is 2. The smallest absolute Gasteiger partial charge is 0.191 e. The van der Waals surface area contributed by atoms with E-state index in [9.17, 15) is 0 Å². The Hall–Kier alpha value is -0.900. The number of likely N-dealkylation sites (N-methyl/N-ethyl adjacent to an activating group) is 1. The summed E-state index contributed by atoms with van der Waals surface area (Å²) in [6, 6.07) is 11.3. The topological polar surface area (TPSA) is 46.1 Å². The molecule has 0 saturated carbocycles. The summed E-state index contributed by atoms with van der Waals surface area (Å²) in [5.74, 6) is 1.51. The van der Waals surface area contributed by atoms with Crippen molar-refractivity contribution in [1.29, 1.82) is 0 Å². The number of nitrogens with zero attached hydrogens (tertiary/aromatic N) is 4. The Labute approximate surface area is 206 Å². The maximum Gasteiger partial charge on any atom is 0.191 e. The van der Waals surface area contributed by atoms with Crippen LogP contribution in [0.3, 0.4) is 0 Å². The first kappa shape index (κ1) is 26.4. The number of piperazine rings is 1. The fourth-order valence-electron chi connectivity index (χ4n) is 4.50. The lowest BCUT2D eigenvalue weighted by molar-refractivity contribution is 0.140. The molecule has 2 fully saturated rings. The predicted octanol–water partition coefficient (Wildman–Crippen LogP) is 2.88. The second-order valence-electron chi connectivity index (χ2n) is 8.98. The minimum atomic E-state index is 0. The third-order valence-electron chi connectivity index (χ3n) is 6.30. The molecule has 176 valence electrons. The van der Waals surface area contributed by atoms with Crippen LogP contribution in [-0.2, 0) is 0 Å². The lowest BCUT2D eigenvalue weighted by Crippen LogP contribution is -2.46. The minimum absolute atomic E-state index is 0. The van der Waals surface area contributed by atoms with E-state index in [0.717, 1.165) is 32.1 Å². The van der Waals surface area contributed by atoms with Gasteiger partial charge in [-0.15, -0.1) is 24.0 Å². The highest BCUT2D eigenvalue weighted by atomic mass is 127. The highest BCUT2D eigenvalue weighted by Crippen LogP contribution is 2.24. The highest BCUT2D eigenvalue weighted by Gasteiger charge is 2.23. The Morgan fingerprint density at radius 3 is 2.32 bits per heavy atom. The number of likely N-dealkylation sites (tertiary alicyclic amines) is 1. The van der Waals surface area contributed by atoms with Gasteiger partial charge in [0.15, 0.2) is 5.96 Å². The first-order chi connectivity index (χ1) is 14.7. The Morgan fingerprint density at radius 1 is 1.00 bits per heavy atom. The SMILES string of the molecule is CCNC(=NCC(C)CN1CCN(C)CC1)NCC(c1ccccc1)N1CCCC1.I. The Balaban J connectivity index is 0.00000341. The standard InChI is InChI=1S/C24H42N6.HI/c1-4-25-24(26-18-21(2)20-29-16-14-28(3)15-17-29)27-19-23(30-12-8-9-13-30)22-10-6-5-7-11-22;/h5-7,10-11,21,23H,4,8-9,12-20H2,1-3H3,(H2,25,26,27);1H. The molecule has 1 aromatic carbocycles. The van der Waals surface area contributed by atoms with Crippen molar-refractivity contribution in [2.75, 3.05) is 72.5 Å². The molecule has 2 saturated heterocycles. The van der Waals surface area contributed by atoms with Crippen LogP contribution in [0, 0.1) is 5.92 Å². The molecule has 2 aliphatic heterocycles. The van der Waals surface area contributed by atoms with Gasteiger partial charge >= 0.3 is 0 Å². The molecule has 7 heteroatoms. The van der Waals surface area contributed by atoms with Gasteiger partial charge in [-0.3, -0.25) is 9.89 Å². The van der Waals surface area contributed by atoms with E-state index in [4.69, 9.17) is 4.99 Å². The van der Waals surface area contributed by atoms with E-state index >= 15 is 0 Å². The van der Waals surface area contributed by atoms with E-state index in [1.165, 1.54) is 57.7 Å². The molecule has 0 spiro atoms. The predicted molar refractivity (Wildman–Crippen MR) is 142 cm³/mol. The zero-order chi connectivity index (χ0) is 21.2. The maximum atomic E-state index is 4.92. The summed E-state index contributed by atoms with van der Waals surface area (Å²) >= 11 is 0. The fraction of sp³-hybridized carbons (Fsp3) is 0.708. The summed E-state index contributed by atoms with van der Waals surface area (Å²) in [5.41, 5.74) is 1.39. The Bertz CT molecular complexity index is 626. The van der Waals surface area contributed by atoms with Crippen molar-refractivity contribution in [3.05, 3.63) is 35.9 Å². The van der Waals surface area contributed by atoms with Crippen LogP contribution in [0.1, 0.15) is 38.3 Å². The zero-order valence-corrected chi connectivity index (χ0v) is 22.1. The first-order valence-electron chi connectivity index (χ1n) is 11.9. The summed E-state index contributed by atoms with van der Waals surface area (Å²) in [5, 5.41) is 7.08. The van der Waals surface area contributed by atoms with Gasteiger partial charge in [0.2, 0.25) is 0 Å². The zero-order valence-electron chi connectivity index (χ0n) is 19.7.